The van der Waals surface area contributed by atoms with Crippen molar-refractivity contribution in [3.05, 3.63) is 11.1 Å². The van der Waals surface area contributed by atoms with Crippen LogP contribution in [0.25, 0.3) is 0 Å². The standard InChI is InChI=1S/C12H23N3OS/c1-5-13-8-11-9-14-12(17-11)15(4)6-7-16-10(2)3/h9-10,13H,5-8H2,1-4H3. The normalized spacial score (nSPS) is 11.1. The van der Waals surface area contributed by atoms with E-state index in [1.807, 2.05) is 6.20 Å². The summed E-state index contributed by atoms with van der Waals surface area (Å²) in [4.78, 5) is 7.83. The van der Waals surface area contributed by atoms with E-state index in [1.54, 1.807) is 11.3 Å². The molecule has 98 valence electrons. The Hall–Kier alpha value is -0.650. The Morgan fingerprint density at radius 1 is 1.53 bits per heavy atom. The number of anilines is 1. The topological polar surface area (TPSA) is 37.4 Å². The zero-order chi connectivity index (χ0) is 12.7. The van der Waals surface area contributed by atoms with Gasteiger partial charge in [-0.1, -0.05) is 6.92 Å². The molecule has 0 amide bonds. The average molecular weight is 257 g/mol. The van der Waals surface area contributed by atoms with Crippen LogP contribution in [0.1, 0.15) is 25.6 Å². The van der Waals surface area contributed by atoms with Gasteiger partial charge >= 0.3 is 0 Å². The van der Waals surface area contributed by atoms with Gasteiger partial charge in [-0.2, -0.15) is 0 Å². The molecule has 0 aliphatic heterocycles. The van der Waals surface area contributed by atoms with Crippen LogP contribution >= 0.6 is 11.3 Å². The lowest BCUT2D eigenvalue weighted by atomic mass is 10.5. The molecule has 0 spiro atoms. The predicted molar refractivity (Wildman–Crippen MR) is 73.9 cm³/mol. The first-order valence-corrected chi connectivity index (χ1v) is 6.93. The van der Waals surface area contributed by atoms with E-state index >= 15 is 0 Å². The molecule has 1 N–H and O–H groups in total. The maximum absolute atomic E-state index is 5.53. The lowest BCUT2D eigenvalue weighted by Crippen LogP contribution is -2.23. The van der Waals surface area contributed by atoms with Crippen LogP contribution in [0.4, 0.5) is 5.13 Å². The zero-order valence-electron chi connectivity index (χ0n) is 11.2. The molecule has 0 unspecified atom stereocenters. The van der Waals surface area contributed by atoms with Crippen molar-refractivity contribution < 1.29 is 4.74 Å². The minimum atomic E-state index is 0.295. The third-order valence-corrected chi connectivity index (χ3v) is 3.41. The molecular weight excluding hydrogens is 234 g/mol. The first-order chi connectivity index (χ1) is 8.13. The van der Waals surface area contributed by atoms with Gasteiger partial charge in [-0.15, -0.1) is 11.3 Å². The van der Waals surface area contributed by atoms with Crippen molar-refractivity contribution in [3.8, 4) is 0 Å². The van der Waals surface area contributed by atoms with Crippen LogP contribution in [0.5, 0.6) is 0 Å². The number of aromatic nitrogens is 1. The minimum Gasteiger partial charge on any atom is -0.377 e. The Kier molecular flexibility index (Phi) is 6.47. The van der Waals surface area contributed by atoms with E-state index in [4.69, 9.17) is 4.74 Å². The van der Waals surface area contributed by atoms with Crippen molar-refractivity contribution in [1.82, 2.24) is 10.3 Å². The van der Waals surface area contributed by atoms with E-state index in [9.17, 15) is 0 Å². The van der Waals surface area contributed by atoms with Crippen LogP contribution in [0.3, 0.4) is 0 Å². The molecule has 0 aliphatic carbocycles. The molecule has 5 heteroatoms. The molecule has 0 aromatic carbocycles. The van der Waals surface area contributed by atoms with Gasteiger partial charge in [0.15, 0.2) is 5.13 Å². The van der Waals surface area contributed by atoms with E-state index in [1.165, 1.54) is 4.88 Å². The van der Waals surface area contributed by atoms with Crippen molar-refractivity contribution in [2.45, 2.75) is 33.4 Å². The van der Waals surface area contributed by atoms with E-state index in [0.717, 1.165) is 31.4 Å². The fourth-order valence-corrected chi connectivity index (χ4v) is 2.19. The summed E-state index contributed by atoms with van der Waals surface area (Å²) in [6, 6.07) is 0. The Morgan fingerprint density at radius 2 is 2.29 bits per heavy atom. The highest BCUT2D eigenvalue weighted by atomic mass is 32.1. The monoisotopic (exact) mass is 257 g/mol. The second-order valence-corrected chi connectivity index (χ2v) is 5.32. The third-order valence-electron chi connectivity index (χ3n) is 2.30. The van der Waals surface area contributed by atoms with Crippen molar-refractivity contribution in [2.24, 2.45) is 0 Å². The van der Waals surface area contributed by atoms with Crippen LogP contribution in [0.2, 0.25) is 0 Å². The Morgan fingerprint density at radius 3 is 2.94 bits per heavy atom. The summed E-state index contributed by atoms with van der Waals surface area (Å²) in [5.41, 5.74) is 0. The van der Waals surface area contributed by atoms with Gasteiger partial charge in [0.1, 0.15) is 0 Å². The Bertz CT molecular complexity index is 314. The van der Waals surface area contributed by atoms with Crippen molar-refractivity contribution >= 4 is 16.5 Å². The number of nitrogens with one attached hydrogen (secondary N) is 1. The first-order valence-electron chi connectivity index (χ1n) is 6.11. The molecule has 0 radical (unpaired) electrons. The lowest BCUT2D eigenvalue weighted by molar-refractivity contribution is 0.0846. The molecule has 0 aliphatic rings. The van der Waals surface area contributed by atoms with Crippen LogP contribution < -0.4 is 10.2 Å². The summed E-state index contributed by atoms with van der Waals surface area (Å²) in [6.07, 6.45) is 2.24. The van der Waals surface area contributed by atoms with Gasteiger partial charge in [0.2, 0.25) is 0 Å². The molecule has 0 bridgehead atoms. The predicted octanol–water partition coefficient (Wildman–Crippen LogP) is 2.11. The summed E-state index contributed by atoms with van der Waals surface area (Å²) in [5, 5.41) is 4.36. The van der Waals surface area contributed by atoms with Crippen LogP contribution in [0, 0.1) is 0 Å². The summed E-state index contributed by atoms with van der Waals surface area (Å²) < 4.78 is 5.53. The van der Waals surface area contributed by atoms with Crippen molar-refractivity contribution in [3.63, 3.8) is 0 Å². The van der Waals surface area contributed by atoms with Gasteiger partial charge in [0, 0.05) is 31.2 Å². The van der Waals surface area contributed by atoms with Crippen LogP contribution in [-0.4, -0.2) is 37.8 Å². The van der Waals surface area contributed by atoms with Gasteiger partial charge in [-0.05, 0) is 20.4 Å². The average Bonchev–Trinajstić information content (AvgIpc) is 2.74. The van der Waals surface area contributed by atoms with Gasteiger partial charge in [-0.25, -0.2) is 4.98 Å². The molecule has 1 rings (SSSR count). The van der Waals surface area contributed by atoms with Gasteiger partial charge in [-0.3, -0.25) is 0 Å². The minimum absolute atomic E-state index is 0.295. The van der Waals surface area contributed by atoms with E-state index in [2.05, 4.69) is 43.0 Å². The molecule has 0 saturated heterocycles. The number of likely N-dealkylation sites (N-methyl/N-ethyl adjacent to an activating group) is 1. The second-order valence-electron chi connectivity index (χ2n) is 4.23. The summed E-state index contributed by atoms with van der Waals surface area (Å²) in [6.45, 7) is 9.74. The smallest absolute Gasteiger partial charge is 0.185 e. The number of ether oxygens (including phenoxy) is 1. The molecule has 4 nitrogen and oxygen atoms in total. The first kappa shape index (κ1) is 14.4. The van der Waals surface area contributed by atoms with Crippen molar-refractivity contribution in [2.75, 3.05) is 31.6 Å². The SMILES string of the molecule is CCNCc1cnc(N(C)CCOC(C)C)s1. The molecule has 0 fully saturated rings. The molecule has 0 saturated carbocycles. The zero-order valence-corrected chi connectivity index (χ0v) is 12.0. The second kappa shape index (κ2) is 7.63. The van der Waals surface area contributed by atoms with Gasteiger partial charge in [0.25, 0.3) is 0 Å². The van der Waals surface area contributed by atoms with E-state index in [0.29, 0.717) is 6.10 Å². The Balaban J connectivity index is 2.35. The fraction of sp³-hybridized carbons (Fsp3) is 0.750. The maximum atomic E-state index is 5.53. The quantitative estimate of drug-likeness (QED) is 0.774. The molecule has 1 heterocycles. The lowest BCUT2D eigenvalue weighted by Gasteiger charge is -2.16. The van der Waals surface area contributed by atoms with E-state index in [-0.39, 0.29) is 0 Å². The number of thiazole rings is 1. The van der Waals surface area contributed by atoms with Gasteiger partial charge in [0.05, 0.1) is 12.7 Å². The Labute approximate surface area is 108 Å². The highest BCUT2D eigenvalue weighted by molar-refractivity contribution is 7.15. The third kappa shape index (κ3) is 5.48. The molecule has 1 aromatic rings. The number of nitrogens with zero attached hydrogens (tertiary/aromatic N) is 2. The number of hydrogen-bond donors (Lipinski definition) is 1. The number of hydrogen-bond acceptors (Lipinski definition) is 5. The highest BCUT2D eigenvalue weighted by Crippen LogP contribution is 2.20. The fourth-order valence-electron chi connectivity index (χ4n) is 1.32. The number of rotatable bonds is 8. The highest BCUT2D eigenvalue weighted by Gasteiger charge is 2.06. The molecule has 0 atom stereocenters. The van der Waals surface area contributed by atoms with Crippen LogP contribution in [0.15, 0.2) is 6.20 Å². The maximum Gasteiger partial charge on any atom is 0.185 e. The van der Waals surface area contributed by atoms with E-state index < -0.39 is 0 Å². The van der Waals surface area contributed by atoms with Crippen molar-refractivity contribution in [1.29, 1.82) is 0 Å². The molecule has 17 heavy (non-hydrogen) atoms. The summed E-state index contributed by atoms with van der Waals surface area (Å²) >= 11 is 1.74. The van der Waals surface area contributed by atoms with Crippen LogP contribution in [-0.2, 0) is 11.3 Å². The summed E-state index contributed by atoms with van der Waals surface area (Å²) in [5.74, 6) is 0. The molecular formula is C12H23N3OS. The van der Waals surface area contributed by atoms with Gasteiger partial charge < -0.3 is 15.0 Å². The largest absolute Gasteiger partial charge is 0.377 e. The molecule has 1 aromatic heterocycles. The summed E-state index contributed by atoms with van der Waals surface area (Å²) in [7, 11) is 2.06.